The summed E-state index contributed by atoms with van der Waals surface area (Å²) in [5.41, 5.74) is 11.6. The summed E-state index contributed by atoms with van der Waals surface area (Å²) in [4.78, 5) is 23.8. The van der Waals surface area contributed by atoms with Gasteiger partial charge in [-0.15, -0.1) is 10.2 Å². The molecule has 12 heteroatoms. The number of halogens is 3. The number of ether oxygens (including phenoxy) is 1. The molecule has 0 heterocycles. The predicted octanol–water partition coefficient (Wildman–Crippen LogP) is 2.24. The third-order valence-electron chi connectivity index (χ3n) is 3.77. The van der Waals surface area contributed by atoms with E-state index in [1.165, 1.54) is 31.4 Å². The molecule has 0 spiro atoms. The van der Waals surface area contributed by atoms with Crippen molar-refractivity contribution in [2.45, 2.75) is 0 Å². The highest BCUT2D eigenvalue weighted by Crippen LogP contribution is 2.24. The number of hydrogen-bond donors (Lipinski definition) is 4. The SMILES string of the molecule is COc1ccc(Br)cc1C=CC(=O)NC(N)=NN=C(N)NC(=O)C=Cc1cccc(F)c1F. The van der Waals surface area contributed by atoms with Crippen molar-refractivity contribution < 1.29 is 23.1 Å². The van der Waals surface area contributed by atoms with Crippen molar-refractivity contribution in [1.29, 1.82) is 0 Å². The van der Waals surface area contributed by atoms with E-state index in [2.05, 4.69) is 36.8 Å². The Hall–Kier alpha value is -4.06. The van der Waals surface area contributed by atoms with Gasteiger partial charge in [-0.3, -0.25) is 20.2 Å². The zero-order valence-corrected chi connectivity index (χ0v) is 18.8. The van der Waals surface area contributed by atoms with Crippen LogP contribution in [0.5, 0.6) is 5.75 Å². The fourth-order valence-electron chi connectivity index (χ4n) is 2.31. The lowest BCUT2D eigenvalue weighted by Gasteiger charge is -2.05. The van der Waals surface area contributed by atoms with Crippen LogP contribution >= 0.6 is 15.9 Å². The summed E-state index contributed by atoms with van der Waals surface area (Å²) >= 11 is 3.33. The number of nitrogens with one attached hydrogen (secondary N) is 2. The number of guanidine groups is 2. The minimum Gasteiger partial charge on any atom is -0.496 e. The van der Waals surface area contributed by atoms with Crippen LogP contribution in [-0.2, 0) is 9.59 Å². The number of methoxy groups -OCH3 is 1. The molecule has 9 nitrogen and oxygen atoms in total. The fraction of sp³-hybridized carbons (Fsp3) is 0.0476. The molecular weight excluding hydrogens is 502 g/mol. The monoisotopic (exact) mass is 520 g/mol. The molecule has 0 fully saturated rings. The molecule has 0 saturated heterocycles. The molecule has 2 amide bonds. The lowest BCUT2D eigenvalue weighted by Crippen LogP contribution is -2.37. The molecule has 0 aromatic heterocycles. The number of benzene rings is 2. The van der Waals surface area contributed by atoms with E-state index in [0.717, 1.165) is 22.7 Å². The van der Waals surface area contributed by atoms with Gasteiger partial charge in [-0.25, -0.2) is 8.78 Å². The lowest BCUT2D eigenvalue weighted by atomic mass is 10.2. The van der Waals surface area contributed by atoms with Crippen molar-refractivity contribution in [3.8, 4) is 5.75 Å². The van der Waals surface area contributed by atoms with Crippen LogP contribution in [-0.4, -0.2) is 30.8 Å². The van der Waals surface area contributed by atoms with Crippen molar-refractivity contribution in [2.24, 2.45) is 21.7 Å². The van der Waals surface area contributed by atoms with Gasteiger partial charge in [0.15, 0.2) is 11.6 Å². The number of nitrogens with two attached hydrogens (primary N) is 2. The first-order chi connectivity index (χ1) is 15.7. The molecular formula is C21H19BrF2N6O3. The van der Waals surface area contributed by atoms with Gasteiger partial charge in [0.1, 0.15) is 5.75 Å². The van der Waals surface area contributed by atoms with Gasteiger partial charge in [0, 0.05) is 27.8 Å². The second kappa shape index (κ2) is 12.1. The quantitative estimate of drug-likeness (QED) is 0.200. The zero-order chi connectivity index (χ0) is 24.4. The van der Waals surface area contributed by atoms with Gasteiger partial charge in [-0.05, 0) is 36.4 Å². The molecule has 0 unspecified atom stereocenters. The van der Waals surface area contributed by atoms with Gasteiger partial charge < -0.3 is 16.2 Å². The second-order valence-corrected chi connectivity index (χ2v) is 7.06. The van der Waals surface area contributed by atoms with Crippen LogP contribution in [0.1, 0.15) is 11.1 Å². The average Bonchev–Trinajstić information content (AvgIpc) is 2.77. The normalized spacial score (nSPS) is 12.2. The van der Waals surface area contributed by atoms with E-state index in [-0.39, 0.29) is 11.5 Å². The predicted molar refractivity (Wildman–Crippen MR) is 125 cm³/mol. The molecule has 2 aromatic carbocycles. The van der Waals surface area contributed by atoms with Crippen LogP contribution in [0.15, 0.2) is 63.2 Å². The maximum Gasteiger partial charge on any atom is 0.250 e. The molecule has 0 aliphatic heterocycles. The molecule has 172 valence electrons. The number of amides is 2. The van der Waals surface area contributed by atoms with E-state index >= 15 is 0 Å². The Morgan fingerprint density at radius 1 is 0.970 bits per heavy atom. The number of hydrogen-bond acceptors (Lipinski definition) is 5. The standard InChI is InChI=1S/C21H19BrF2N6O3/c1-33-16-8-7-14(22)11-13(16)6-10-18(32)28-21(26)30-29-20(25)27-17(31)9-5-12-3-2-4-15(23)19(12)24/h2-11H,1H3,(H3,25,27,29,31)(H3,26,28,30,32). The van der Waals surface area contributed by atoms with E-state index in [4.69, 9.17) is 16.2 Å². The van der Waals surface area contributed by atoms with Crippen LogP contribution in [0.2, 0.25) is 0 Å². The van der Waals surface area contributed by atoms with Crippen LogP contribution in [0, 0.1) is 11.6 Å². The highest BCUT2D eigenvalue weighted by molar-refractivity contribution is 9.10. The maximum atomic E-state index is 13.5. The largest absolute Gasteiger partial charge is 0.496 e. The molecule has 0 atom stereocenters. The molecule has 6 N–H and O–H groups in total. The summed E-state index contributed by atoms with van der Waals surface area (Å²) in [5.74, 6) is -3.79. The molecule has 0 aliphatic rings. The Balaban J connectivity index is 1.93. The topological polar surface area (TPSA) is 144 Å². The number of rotatable bonds is 6. The molecule has 0 saturated carbocycles. The molecule has 33 heavy (non-hydrogen) atoms. The highest BCUT2D eigenvalue weighted by Gasteiger charge is 2.06. The Bertz CT molecular complexity index is 1160. The zero-order valence-electron chi connectivity index (χ0n) is 17.2. The Morgan fingerprint density at radius 3 is 2.12 bits per heavy atom. The summed E-state index contributed by atoms with van der Waals surface area (Å²) in [6, 6.07) is 8.80. The summed E-state index contributed by atoms with van der Waals surface area (Å²) in [6.07, 6.45) is 4.71. The highest BCUT2D eigenvalue weighted by atomic mass is 79.9. The third-order valence-corrected chi connectivity index (χ3v) is 4.26. The van der Waals surface area contributed by atoms with Gasteiger partial charge in [-0.2, -0.15) is 0 Å². The lowest BCUT2D eigenvalue weighted by molar-refractivity contribution is -0.116. The Morgan fingerprint density at radius 2 is 1.55 bits per heavy atom. The van der Waals surface area contributed by atoms with Crippen molar-refractivity contribution in [3.05, 3.63) is 75.8 Å². The fourth-order valence-corrected chi connectivity index (χ4v) is 2.69. The van der Waals surface area contributed by atoms with E-state index in [1.54, 1.807) is 18.2 Å². The number of carbonyl (C=O) groups excluding carboxylic acids is 2. The van der Waals surface area contributed by atoms with Crippen LogP contribution in [0.25, 0.3) is 12.2 Å². The van der Waals surface area contributed by atoms with Crippen LogP contribution in [0.3, 0.4) is 0 Å². The van der Waals surface area contributed by atoms with Gasteiger partial charge in [0.2, 0.25) is 11.9 Å². The molecule has 0 aliphatic carbocycles. The maximum absolute atomic E-state index is 13.5. The van der Waals surface area contributed by atoms with Gasteiger partial charge in [0.25, 0.3) is 11.8 Å². The molecule has 0 bridgehead atoms. The first-order valence-electron chi connectivity index (χ1n) is 9.12. The molecule has 0 radical (unpaired) electrons. The summed E-state index contributed by atoms with van der Waals surface area (Å²) < 4.78 is 32.7. The minimum atomic E-state index is -1.09. The summed E-state index contributed by atoms with van der Waals surface area (Å²) in [6.45, 7) is 0. The van der Waals surface area contributed by atoms with E-state index in [9.17, 15) is 18.4 Å². The smallest absolute Gasteiger partial charge is 0.250 e. The van der Waals surface area contributed by atoms with Gasteiger partial charge >= 0.3 is 0 Å². The summed E-state index contributed by atoms with van der Waals surface area (Å²) in [5, 5.41) is 11.3. The van der Waals surface area contributed by atoms with Crippen molar-refractivity contribution >= 4 is 51.8 Å². The van der Waals surface area contributed by atoms with Crippen LogP contribution < -0.4 is 26.8 Å². The van der Waals surface area contributed by atoms with Gasteiger partial charge in [0.05, 0.1) is 7.11 Å². The number of carbonyl (C=O) groups is 2. The summed E-state index contributed by atoms with van der Waals surface area (Å²) in [7, 11) is 1.50. The first-order valence-corrected chi connectivity index (χ1v) is 9.91. The van der Waals surface area contributed by atoms with Crippen molar-refractivity contribution in [1.82, 2.24) is 10.6 Å². The second-order valence-electron chi connectivity index (χ2n) is 6.14. The van der Waals surface area contributed by atoms with E-state index < -0.39 is 29.4 Å². The van der Waals surface area contributed by atoms with Gasteiger partial charge in [-0.1, -0.05) is 28.1 Å². The Labute approximate surface area is 196 Å². The average molecular weight is 521 g/mol. The van der Waals surface area contributed by atoms with E-state index in [0.29, 0.717) is 11.3 Å². The van der Waals surface area contributed by atoms with Crippen LogP contribution in [0.4, 0.5) is 8.78 Å². The minimum absolute atomic E-state index is 0.126. The van der Waals surface area contributed by atoms with E-state index in [1.807, 2.05) is 0 Å². The molecule has 2 rings (SSSR count). The first kappa shape index (κ1) is 25.2. The number of nitrogens with zero attached hydrogens (tertiary/aromatic N) is 2. The third kappa shape index (κ3) is 8.18. The van der Waals surface area contributed by atoms with Crippen molar-refractivity contribution in [2.75, 3.05) is 7.11 Å². The Kier molecular flexibility index (Phi) is 9.24. The molecule has 2 aromatic rings. The van der Waals surface area contributed by atoms with Crippen molar-refractivity contribution in [3.63, 3.8) is 0 Å².